The second-order valence-corrected chi connectivity index (χ2v) is 1.90. The van der Waals surface area contributed by atoms with Gasteiger partial charge in [-0.1, -0.05) is 36.4 Å². The van der Waals surface area contributed by atoms with Crippen molar-refractivity contribution in [3.8, 4) is 0 Å². The zero-order valence-electron chi connectivity index (χ0n) is 5.38. The smallest absolute Gasteiger partial charge is 0.00772 e. The van der Waals surface area contributed by atoms with Crippen LogP contribution in [0.3, 0.4) is 0 Å². The first-order chi connectivity index (χ1) is 4.50. The van der Waals surface area contributed by atoms with Crippen LogP contribution >= 0.6 is 0 Å². The maximum Gasteiger partial charge on any atom is 0.00772 e. The molecule has 1 N–H and O–H groups in total. The van der Waals surface area contributed by atoms with Gasteiger partial charge >= 0.3 is 0 Å². The fourth-order valence-electron chi connectivity index (χ4n) is 0.385. The van der Waals surface area contributed by atoms with E-state index in [9.17, 15) is 0 Å². The van der Waals surface area contributed by atoms with Crippen LogP contribution in [-0.4, -0.2) is 13.1 Å². The average Bonchev–Trinajstić information content (AvgIpc) is 2.76. The molecule has 0 amide bonds. The summed E-state index contributed by atoms with van der Waals surface area (Å²) in [5, 5.41) is 3.00. The maximum atomic E-state index is 3.00. The summed E-state index contributed by atoms with van der Waals surface area (Å²) in [6.45, 7) is 2.50. The quantitative estimate of drug-likeness (QED) is 0.513. The normalized spacial score (nSPS) is 13.3. The van der Waals surface area contributed by atoms with Gasteiger partial charge in [0.1, 0.15) is 0 Å². The van der Waals surface area contributed by atoms with Crippen molar-refractivity contribution in [2.24, 2.45) is 0 Å². The van der Waals surface area contributed by atoms with Gasteiger partial charge in [0.25, 0.3) is 0 Å². The molecular formula is C8H11N. The van der Waals surface area contributed by atoms with Gasteiger partial charge < -0.3 is 5.32 Å². The molecule has 0 spiro atoms. The minimum atomic E-state index is 1.25. The van der Waals surface area contributed by atoms with E-state index in [1.165, 1.54) is 13.1 Å². The first kappa shape index (κ1) is 6.30. The summed E-state index contributed by atoms with van der Waals surface area (Å²) in [5.74, 6) is 0. The van der Waals surface area contributed by atoms with Crippen molar-refractivity contribution in [1.82, 2.24) is 5.32 Å². The first-order valence-electron chi connectivity index (χ1n) is 3.21. The Morgan fingerprint density at radius 1 is 0.667 bits per heavy atom. The van der Waals surface area contributed by atoms with Crippen LogP contribution in [-0.2, 0) is 0 Å². The molecule has 1 heterocycles. The van der Waals surface area contributed by atoms with Gasteiger partial charge in [-0.2, -0.15) is 0 Å². The summed E-state index contributed by atoms with van der Waals surface area (Å²) >= 11 is 0. The molecule has 0 saturated carbocycles. The fraction of sp³-hybridized carbons (Fsp3) is 0.250. The van der Waals surface area contributed by atoms with E-state index < -0.39 is 0 Å². The van der Waals surface area contributed by atoms with E-state index in [1.54, 1.807) is 0 Å². The van der Waals surface area contributed by atoms with E-state index in [4.69, 9.17) is 0 Å². The van der Waals surface area contributed by atoms with Crippen molar-refractivity contribution in [1.29, 1.82) is 0 Å². The van der Waals surface area contributed by atoms with E-state index in [0.717, 1.165) is 0 Å². The minimum Gasteiger partial charge on any atom is -0.314 e. The molecule has 0 aromatic heterocycles. The van der Waals surface area contributed by atoms with Gasteiger partial charge in [-0.3, -0.25) is 0 Å². The van der Waals surface area contributed by atoms with Crippen molar-refractivity contribution in [3.63, 3.8) is 0 Å². The predicted octanol–water partition coefficient (Wildman–Crippen LogP) is 1.28. The van der Waals surface area contributed by atoms with Crippen LogP contribution in [0.2, 0.25) is 0 Å². The lowest BCUT2D eigenvalue weighted by molar-refractivity contribution is 1.34. The Morgan fingerprint density at radius 3 is 1.00 bits per heavy atom. The summed E-state index contributed by atoms with van der Waals surface area (Å²) in [5.41, 5.74) is 0. The highest BCUT2D eigenvalue weighted by atomic mass is 15.0. The highest BCUT2D eigenvalue weighted by Gasteiger charge is 1.91. The Kier molecular flexibility index (Phi) is 2.87. The largest absolute Gasteiger partial charge is 0.314 e. The van der Waals surface area contributed by atoms with Crippen molar-refractivity contribution in [3.05, 3.63) is 36.4 Å². The molecule has 0 unspecified atom stereocenters. The van der Waals surface area contributed by atoms with E-state index >= 15 is 0 Å². The topological polar surface area (TPSA) is 21.9 Å². The zero-order chi connectivity index (χ0) is 6.36. The van der Waals surface area contributed by atoms with Gasteiger partial charge in [-0.05, 0) is 0 Å². The lowest BCUT2D eigenvalue weighted by Crippen LogP contribution is -1.56. The van der Waals surface area contributed by atoms with Crippen LogP contribution in [0.1, 0.15) is 0 Å². The molecule has 0 atom stereocenters. The minimum absolute atomic E-state index is 1.25. The molecule has 0 radical (unpaired) electrons. The second-order valence-electron chi connectivity index (χ2n) is 1.90. The molecule has 0 bridgehead atoms. The van der Waals surface area contributed by atoms with Crippen LogP contribution in [0.25, 0.3) is 0 Å². The highest BCUT2D eigenvalue weighted by molar-refractivity contribution is 4.99. The summed E-state index contributed by atoms with van der Waals surface area (Å²) in [7, 11) is 0. The van der Waals surface area contributed by atoms with Crippen LogP contribution < -0.4 is 5.32 Å². The third-order valence-corrected chi connectivity index (χ3v) is 0.917. The molecule has 1 aromatic rings. The molecule has 1 fully saturated rings. The van der Waals surface area contributed by atoms with Gasteiger partial charge in [0.05, 0.1) is 0 Å². The van der Waals surface area contributed by atoms with Crippen molar-refractivity contribution in [2.45, 2.75) is 0 Å². The van der Waals surface area contributed by atoms with Gasteiger partial charge in [-0.25, -0.2) is 0 Å². The van der Waals surface area contributed by atoms with Gasteiger partial charge in [0.15, 0.2) is 0 Å². The molecule has 1 heteroatoms. The average molecular weight is 121 g/mol. The summed E-state index contributed by atoms with van der Waals surface area (Å²) in [6.07, 6.45) is 0. The van der Waals surface area contributed by atoms with Crippen LogP contribution in [0.5, 0.6) is 0 Å². The van der Waals surface area contributed by atoms with E-state index in [2.05, 4.69) is 5.32 Å². The number of hydrogen-bond acceptors (Lipinski definition) is 1. The van der Waals surface area contributed by atoms with Gasteiger partial charge in [0.2, 0.25) is 0 Å². The van der Waals surface area contributed by atoms with Crippen LogP contribution in [0, 0.1) is 0 Å². The SMILES string of the molecule is C1CN1.c1ccccc1. The fourth-order valence-corrected chi connectivity index (χ4v) is 0.385. The monoisotopic (exact) mass is 121 g/mol. The maximum absolute atomic E-state index is 3.00. The Balaban J connectivity index is 0.000000112. The Hall–Kier alpha value is -0.820. The van der Waals surface area contributed by atoms with Crippen LogP contribution in [0.4, 0.5) is 0 Å². The Labute approximate surface area is 55.7 Å². The van der Waals surface area contributed by atoms with Crippen LogP contribution in [0.15, 0.2) is 36.4 Å². The lowest BCUT2D eigenvalue weighted by atomic mass is 10.4. The van der Waals surface area contributed by atoms with E-state index in [0.29, 0.717) is 0 Å². The standard InChI is InChI=1S/C6H6.C2H5N/c1-2-4-6-5-3-1;1-2-3-1/h1-6H;3H,1-2H2. The number of hydrogen-bond donors (Lipinski definition) is 1. The van der Waals surface area contributed by atoms with Gasteiger partial charge in [-0.15, -0.1) is 0 Å². The molecule has 2 rings (SSSR count). The highest BCUT2D eigenvalue weighted by Crippen LogP contribution is 1.79. The molecule has 1 saturated heterocycles. The van der Waals surface area contributed by atoms with Gasteiger partial charge in [0, 0.05) is 13.1 Å². The molecular weight excluding hydrogens is 110 g/mol. The Bertz CT molecular complexity index is 105. The first-order valence-corrected chi connectivity index (χ1v) is 3.21. The zero-order valence-corrected chi connectivity index (χ0v) is 5.38. The molecule has 1 nitrogen and oxygen atoms in total. The van der Waals surface area contributed by atoms with Crippen molar-refractivity contribution >= 4 is 0 Å². The molecule has 1 aromatic carbocycles. The number of rotatable bonds is 0. The summed E-state index contributed by atoms with van der Waals surface area (Å²) < 4.78 is 0. The lowest BCUT2D eigenvalue weighted by Gasteiger charge is -1.69. The summed E-state index contributed by atoms with van der Waals surface area (Å²) in [6, 6.07) is 12.0. The molecule has 0 aliphatic carbocycles. The molecule has 1 aliphatic heterocycles. The van der Waals surface area contributed by atoms with E-state index in [1.807, 2.05) is 36.4 Å². The molecule has 48 valence electrons. The van der Waals surface area contributed by atoms with Crippen molar-refractivity contribution in [2.75, 3.05) is 13.1 Å². The molecule has 1 aliphatic rings. The van der Waals surface area contributed by atoms with E-state index in [-0.39, 0.29) is 0 Å². The second kappa shape index (κ2) is 4.10. The predicted molar refractivity (Wildman–Crippen MR) is 39.3 cm³/mol. The number of nitrogens with one attached hydrogen (secondary N) is 1. The molecule has 9 heavy (non-hydrogen) atoms. The Morgan fingerprint density at radius 2 is 0.889 bits per heavy atom. The van der Waals surface area contributed by atoms with Crippen molar-refractivity contribution < 1.29 is 0 Å². The third-order valence-electron chi connectivity index (χ3n) is 0.917. The summed E-state index contributed by atoms with van der Waals surface area (Å²) in [4.78, 5) is 0. The third kappa shape index (κ3) is 5.04. The number of benzene rings is 1.